The van der Waals surface area contributed by atoms with E-state index in [1.54, 1.807) is 6.08 Å². The van der Waals surface area contributed by atoms with Gasteiger partial charge < -0.3 is 0 Å². The van der Waals surface area contributed by atoms with Crippen molar-refractivity contribution in [2.75, 3.05) is 0 Å². The average Bonchev–Trinajstić information content (AvgIpc) is 3.49. The Morgan fingerprint density at radius 2 is 1.18 bits per heavy atom. The fraction of sp³-hybridized carbons (Fsp3) is 0. The Morgan fingerprint density at radius 3 is 1.89 bits per heavy atom. The molecule has 0 saturated heterocycles. The van der Waals surface area contributed by atoms with Gasteiger partial charge in [0.05, 0.1) is 11.0 Å². The maximum absolute atomic E-state index is 5.03. The first-order valence-electron chi connectivity index (χ1n) is 15.2. The number of nitrogens with zero attached hydrogens (tertiary/aromatic N) is 2. The van der Waals surface area contributed by atoms with Crippen LogP contribution in [0.2, 0.25) is 0 Å². The Hall–Kier alpha value is -5.99. The van der Waals surface area contributed by atoms with Crippen LogP contribution in [0.4, 0.5) is 0 Å². The summed E-state index contributed by atoms with van der Waals surface area (Å²) in [5.41, 5.74) is 8.84. The zero-order valence-electron chi connectivity index (χ0n) is 24.8. The van der Waals surface area contributed by atoms with Gasteiger partial charge in [0.25, 0.3) is 0 Å². The average molecular weight is 575 g/mol. The number of allylic oxidation sites excluding steroid dienone is 4. The van der Waals surface area contributed by atoms with Gasteiger partial charge in [-0.25, -0.2) is 4.98 Å². The smallest absolute Gasteiger partial charge is 0.145 e. The molecule has 212 valence electrons. The van der Waals surface area contributed by atoms with Crippen LogP contribution < -0.4 is 0 Å². The van der Waals surface area contributed by atoms with Gasteiger partial charge in [0.2, 0.25) is 0 Å². The number of rotatable bonds is 6. The molecule has 0 unspecified atom stereocenters. The maximum atomic E-state index is 5.03. The second-order valence-electron chi connectivity index (χ2n) is 11.2. The lowest BCUT2D eigenvalue weighted by molar-refractivity contribution is 1.06. The first-order valence-corrected chi connectivity index (χ1v) is 15.2. The predicted molar refractivity (Wildman–Crippen MR) is 193 cm³/mol. The first-order chi connectivity index (χ1) is 22.3. The standard InChI is InChI=1S/C43H30N2/c1-3-15-29(4-2)43-44-39-26-11-12-27-40(39)45(43)32-19-13-18-31(28-32)41-35-21-7-9-23-37(35)42(38-24-10-8-22-36(38)41)34-25-14-17-30-16-5-6-20-33(30)34/h3-28H,1-2H2/b29-15+. The summed E-state index contributed by atoms with van der Waals surface area (Å²) in [6, 6.07) is 50.0. The van der Waals surface area contributed by atoms with Crippen LogP contribution in [-0.4, -0.2) is 9.55 Å². The molecule has 0 aliphatic heterocycles. The van der Waals surface area contributed by atoms with Gasteiger partial charge in [0, 0.05) is 11.3 Å². The highest BCUT2D eigenvalue weighted by Gasteiger charge is 2.19. The Balaban J connectivity index is 1.44. The highest BCUT2D eigenvalue weighted by molar-refractivity contribution is 6.23. The van der Waals surface area contributed by atoms with Crippen molar-refractivity contribution in [3.63, 3.8) is 0 Å². The van der Waals surface area contributed by atoms with Gasteiger partial charge in [-0.05, 0) is 78.8 Å². The van der Waals surface area contributed by atoms with E-state index in [2.05, 4.69) is 151 Å². The van der Waals surface area contributed by atoms with Crippen LogP contribution >= 0.6 is 0 Å². The topological polar surface area (TPSA) is 17.8 Å². The molecule has 8 aromatic rings. The van der Waals surface area contributed by atoms with Crippen LogP contribution in [0, 0.1) is 0 Å². The third kappa shape index (κ3) is 4.30. The molecule has 45 heavy (non-hydrogen) atoms. The first kappa shape index (κ1) is 26.6. The normalized spacial score (nSPS) is 11.9. The molecular formula is C43H30N2. The third-order valence-electron chi connectivity index (χ3n) is 8.72. The van der Waals surface area contributed by atoms with E-state index in [-0.39, 0.29) is 0 Å². The second-order valence-corrected chi connectivity index (χ2v) is 11.2. The van der Waals surface area contributed by atoms with Crippen LogP contribution in [0.3, 0.4) is 0 Å². The van der Waals surface area contributed by atoms with Crippen molar-refractivity contribution in [2.45, 2.75) is 0 Å². The molecule has 0 spiro atoms. The summed E-state index contributed by atoms with van der Waals surface area (Å²) in [5.74, 6) is 0.837. The summed E-state index contributed by atoms with van der Waals surface area (Å²) in [7, 11) is 0. The van der Waals surface area contributed by atoms with Gasteiger partial charge in [0.1, 0.15) is 5.82 Å². The van der Waals surface area contributed by atoms with Crippen molar-refractivity contribution in [1.29, 1.82) is 0 Å². The summed E-state index contributed by atoms with van der Waals surface area (Å²) < 4.78 is 2.23. The zero-order chi connectivity index (χ0) is 30.3. The van der Waals surface area contributed by atoms with E-state index in [0.29, 0.717) is 0 Å². The Kier molecular flexibility index (Phi) is 6.47. The molecule has 8 rings (SSSR count). The maximum Gasteiger partial charge on any atom is 0.145 e. The summed E-state index contributed by atoms with van der Waals surface area (Å²) in [6.07, 6.45) is 5.59. The zero-order valence-corrected chi connectivity index (χ0v) is 24.8. The van der Waals surface area contributed by atoms with E-state index in [4.69, 9.17) is 4.98 Å². The molecule has 1 aromatic heterocycles. The van der Waals surface area contributed by atoms with Gasteiger partial charge in [-0.1, -0.05) is 147 Å². The number of aromatic nitrogens is 2. The third-order valence-corrected chi connectivity index (χ3v) is 8.72. The SMILES string of the molecule is C=C/C=C(\C=C)c1nc2ccccc2n1-c1cccc(-c2c3ccccc3c(-c3cccc4ccccc34)c3ccccc23)c1. The number of imidazole rings is 1. The molecule has 7 aromatic carbocycles. The fourth-order valence-corrected chi connectivity index (χ4v) is 6.82. The highest BCUT2D eigenvalue weighted by atomic mass is 15.1. The van der Waals surface area contributed by atoms with E-state index in [1.807, 2.05) is 18.2 Å². The monoisotopic (exact) mass is 574 g/mol. The van der Waals surface area contributed by atoms with Gasteiger partial charge in [-0.3, -0.25) is 4.57 Å². The minimum absolute atomic E-state index is 0.837. The van der Waals surface area contributed by atoms with Gasteiger partial charge in [-0.2, -0.15) is 0 Å². The molecule has 0 atom stereocenters. The predicted octanol–water partition coefficient (Wildman–Crippen LogP) is 11.6. The van der Waals surface area contributed by atoms with Crippen LogP contribution in [0.15, 0.2) is 171 Å². The summed E-state index contributed by atoms with van der Waals surface area (Å²) >= 11 is 0. The van der Waals surface area contributed by atoms with Crippen molar-refractivity contribution in [3.05, 3.63) is 177 Å². The van der Waals surface area contributed by atoms with E-state index in [9.17, 15) is 0 Å². The summed E-state index contributed by atoms with van der Waals surface area (Å²) in [6.45, 7) is 8.00. The molecular weight excluding hydrogens is 544 g/mol. The van der Waals surface area contributed by atoms with E-state index in [0.717, 1.165) is 33.7 Å². The summed E-state index contributed by atoms with van der Waals surface area (Å²) in [4.78, 5) is 5.03. The lowest BCUT2D eigenvalue weighted by atomic mass is 9.84. The molecule has 0 N–H and O–H groups in total. The number of fused-ring (bicyclic) bond motifs is 4. The number of benzene rings is 7. The van der Waals surface area contributed by atoms with Crippen molar-refractivity contribution in [2.24, 2.45) is 0 Å². The fourth-order valence-electron chi connectivity index (χ4n) is 6.82. The number of hydrogen-bond donors (Lipinski definition) is 0. The van der Waals surface area contributed by atoms with Gasteiger partial charge >= 0.3 is 0 Å². The molecule has 0 aliphatic rings. The molecule has 0 saturated carbocycles. The van der Waals surface area contributed by atoms with Crippen molar-refractivity contribution in [3.8, 4) is 27.9 Å². The largest absolute Gasteiger partial charge is 0.292 e. The van der Waals surface area contributed by atoms with Gasteiger partial charge in [0.15, 0.2) is 0 Å². The lowest BCUT2D eigenvalue weighted by Gasteiger charge is -2.19. The minimum Gasteiger partial charge on any atom is -0.292 e. The van der Waals surface area contributed by atoms with E-state index in [1.165, 1.54) is 49.0 Å². The molecule has 0 radical (unpaired) electrons. The quantitative estimate of drug-likeness (QED) is 0.143. The minimum atomic E-state index is 0.837. The second kappa shape index (κ2) is 10.9. The molecule has 1 heterocycles. The van der Waals surface area contributed by atoms with Crippen molar-refractivity contribution < 1.29 is 0 Å². The Labute approximate surface area is 262 Å². The molecule has 0 aliphatic carbocycles. The van der Waals surface area contributed by atoms with Crippen LogP contribution in [0.1, 0.15) is 5.82 Å². The number of para-hydroxylation sites is 2. The van der Waals surface area contributed by atoms with Crippen LogP contribution in [0.25, 0.3) is 76.9 Å². The Morgan fingerprint density at radius 1 is 0.578 bits per heavy atom. The molecule has 2 nitrogen and oxygen atoms in total. The number of hydrogen-bond acceptors (Lipinski definition) is 1. The molecule has 2 heteroatoms. The molecule has 0 amide bonds. The van der Waals surface area contributed by atoms with E-state index >= 15 is 0 Å². The van der Waals surface area contributed by atoms with Crippen molar-refractivity contribution >= 4 is 48.9 Å². The Bertz CT molecular complexity index is 2410. The van der Waals surface area contributed by atoms with Gasteiger partial charge in [-0.15, -0.1) is 0 Å². The van der Waals surface area contributed by atoms with Crippen LogP contribution in [0.5, 0.6) is 0 Å². The van der Waals surface area contributed by atoms with Crippen LogP contribution in [-0.2, 0) is 0 Å². The summed E-state index contributed by atoms with van der Waals surface area (Å²) in [5, 5.41) is 7.44. The molecule has 0 fully saturated rings. The molecule has 0 bridgehead atoms. The highest BCUT2D eigenvalue weighted by Crippen LogP contribution is 2.45. The van der Waals surface area contributed by atoms with E-state index < -0.39 is 0 Å². The lowest BCUT2D eigenvalue weighted by Crippen LogP contribution is -2.00. The van der Waals surface area contributed by atoms with Crippen molar-refractivity contribution in [1.82, 2.24) is 9.55 Å².